The second-order valence-corrected chi connectivity index (χ2v) is 2.55. The fourth-order valence-corrected chi connectivity index (χ4v) is 0.802. The summed E-state index contributed by atoms with van der Waals surface area (Å²) in [5.74, 6) is -0.739. The summed E-state index contributed by atoms with van der Waals surface area (Å²) in [7, 11) is 2.74. The molecule has 1 amide bonds. The first kappa shape index (κ1) is 11.1. The zero-order valence-corrected chi connectivity index (χ0v) is 8.30. The maximum Gasteiger partial charge on any atom is 0.322 e. The van der Waals surface area contributed by atoms with E-state index < -0.39 is 11.9 Å². The van der Waals surface area contributed by atoms with Gasteiger partial charge in [0, 0.05) is 0 Å². The number of nitrogens with zero attached hydrogens (tertiary/aromatic N) is 3. The van der Waals surface area contributed by atoms with E-state index in [1.54, 1.807) is 0 Å². The van der Waals surface area contributed by atoms with Crippen LogP contribution in [0.4, 0.5) is 0 Å². The van der Waals surface area contributed by atoms with Crippen molar-refractivity contribution < 1.29 is 14.3 Å². The lowest BCUT2D eigenvalue weighted by Crippen LogP contribution is -2.30. The highest BCUT2D eigenvalue weighted by Crippen LogP contribution is 2.12. The lowest BCUT2D eigenvalue weighted by Gasteiger charge is -2.08. The summed E-state index contributed by atoms with van der Waals surface area (Å²) in [5.41, 5.74) is 10.5. The van der Waals surface area contributed by atoms with Crippen molar-refractivity contribution in [1.29, 1.82) is 0 Å². The van der Waals surface area contributed by atoms with E-state index in [0.717, 1.165) is 0 Å². The Labute approximate surface area is 85.6 Å². The topological polar surface area (TPSA) is 126 Å². The molecular formula is C7H11N5O3. The van der Waals surface area contributed by atoms with Gasteiger partial charge in [-0.3, -0.25) is 4.79 Å². The monoisotopic (exact) mass is 213 g/mol. The van der Waals surface area contributed by atoms with Crippen LogP contribution in [0.3, 0.4) is 0 Å². The quantitative estimate of drug-likeness (QED) is 0.614. The summed E-state index contributed by atoms with van der Waals surface area (Å²) in [6.07, 6.45) is 0. The summed E-state index contributed by atoms with van der Waals surface area (Å²) >= 11 is 0. The average Bonchev–Trinajstić information content (AvgIpc) is 2.27. The van der Waals surface area contributed by atoms with Crippen molar-refractivity contribution in [2.24, 2.45) is 11.5 Å². The third-order valence-electron chi connectivity index (χ3n) is 1.56. The largest absolute Gasteiger partial charge is 0.467 e. The molecule has 1 unspecified atom stereocenters. The van der Waals surface area contributed by atoms with Gasteiger partial charge >= 0.3 is 12.0 Å². The summed E-state index contributed by atoms with van der Waals surface area (Å²) in [6, 6.07) is -1.10. The van der Waals surface area contributed by atoms with Gasteiger partial charge in [-0.2, -0.15) is 9.97 Å². The molecule has 1 rings (SSSR count). The molecule has 0 aliphatic heterocycles. The zero-order valence-electron chi connectivity index (χ0n) is 8.30. The Bertz CT molecular complexity index is 347. The maximum absolute atomic E-state index is 10.8. The number of amides is 1. The molecule has 0 spiro atoms. The van der Waals surface area contributed by atoms with E-state index in [1.807, 2.05) is 0 Å². The third-order valence-corrected chi connectivity index (χ3v) is 1.56. The van der Waals surface area contributed by atoms with Crippen LogP contribution < -0.4 is 20.9 Å². The first-order valence-electron chi connectivity index (χ1n) is 3.97. The van der Waals surface area contributed by atoms with E-state index in [4.69, 9.17) is 20.9 Å². The number of nitrogens with two attached hydrogens (primary N) is 2. The van der Waals surface area contributed by atoms with Gasteiger partial charge in [0.1, 0.15) is 6.04 Å². The molecule has 4 N–H and O–H groups in total. The Morgan fingerprint density at radius 2 is 1.67 bits per heavy atom. The maximum atomic E-state index is 10.8. The van der Waals surface area contributed by atoms with Crippen LogP contribution in [0.5, 0.6) is 12.0 Å². The van der Waals surface area contributed by atoms with E-state index in [2.05, 4.69) is 15.0 Å². The van der Waals surface area contributed by atoms with Crippen LogP contribution in [0, 0.1) is 0 Å². The molecule has 8 heteroatoms. The number of hydrogen-bond donors (Lipinski definition) is 2. The van der Waals surface area contributed by atoms with Gasteiger partial charge in [0.05, 0.1) is 14.2 Å². The van der Waals surface area contributed by atoms with Crippen LogP contribution in [0.15, 0.2) is 0 Å². The molecule has 15 heavy (non-hydrogen) atoms. The Morgan fingerprint density at radius 1 is 1.20 bits per heavy atom. The van der Waals surface area contributed by atoms with E-state index in [1.165, 1.54) is 14.2 Å². The predicted octanol–water partition coefficient (Wildman–Crippen LogP) is -1.63. The average molecular weight is 213 g/mol. The van der Waals surface area contributed by atoms with Crippen molar-refractivity contribution in [2.75, 3.05) is 14.2 Å². The first-order valence-corrected chi connectivity index (χ1v) is 3.97. The Balaban J connectivity index is 3.11. The SMILES string of the molecule is COc1nc(OC)nc(C(N)C(N)=O)n1. The van der Waals surface area contributed by atoms with E-state index >= 15 is 0 Å². The third kappa shape index (κ3) is 2.50. The van der Waals surface area contributed by atoms with Gasteiger partial charge < -0.3 is 20.9 Å². The van der Waals surface area contributed by atoms with Crippen LogP contribution >= 0.6 is 0 Å². The molecule has 0 fully saturated rings. The predicted molar refractivity (Wildman–Crippen MR) is 49.1 cm³/mol. The summed E-state index contributed by atoms with van der Waals surface area (Å²) in [4.78, 5) is 22.1. The van der Waals surface area contributed by atoms with E-state index in [9.17, 15) is 4.79 Å². The Hall–Kier alpha value is -1.96. The van der Waals surface area contributed by atoms with Crippen molar-refractivity contribution in [3.05, 3.63) is 5.82 Å². The fraction of sp³-hybridized carbons (Fsp3) is 0.429. The first-order chi connectivity index (χ1) is 7.08. The molecule has 0 radical (unpaired) electrons. The number of aromatic nitrogens is 3. The molecular weight excluding hydrogens is 202 g/mol. The van der Waals surface area contributed by atoms with Crippen LogP contribution in [-0.2, 0) is 4.79 Å². The van der Waals surface area contributed by atoms with Crippen LogP contribution in [0.25, 0.3) is 0 Å². The lowest BCUT2D eigenvalue weighted by atomic mass is 10.3. The fourth-order valence-electron chi connectivity index (χ4n) is 0.802. The highest BCUT2D eigenvalue weighted by Gasteiger charge is 2.18. The minimum absolute atomic E-state index is 0.00574. The number of carbonyl (C=O) groups excluding carboxylic acids is 1. The summed E-state index contributed by atoms with van der Waals surface area (Å²) in [5, 5.41) is 0. The molecule has 1 aromatic rings. The molecule has 1 heterocycles. The summed E-state index contributed by atoms with van der Waals surface area (Å²) in [6.45, 7) is 0. The van der Waals surface area contributed by atoms with Gasteiger partial charge in [0.2, 0.25) is 5.91 Å². The zero-order chi connectivity index (χ0) is 11.4. The van der Waals surface area contributed by atoms with Gasteiger partial charge in [-0.15, -0.1) is 4.98 Å². The van der Waals surface area contributed by atoms with Crippen molar-refractivity contribution in [1.82, 2.24) is 15.0 Å². The smallest absolute Gasteiger partial charge is 0.322 e. The molecule has 82 valence electrons. The van der Waals surface area contributed by atoms with E-state index in [0.29, 0.717) is 0 Å². The Kier molecular flexibility index (Phi) is 3.34. The molecule has 0 aliphatic rings. The van der Waals surface area contributed by atoms with E-state index in [-0.39, 0.29) is 17.8 Å². The normalized spacial score (nSPS) is 11.9. The molecule has 1 atom stereocenters. The number of ether oxygens (including phenoxy) is 2. The lowest BCUT2D eigenvalue weighted by molar-refractivity contribution is -0.119. The molecule has 0 saturated heterocycles. The number of hydrogen-bond acceptors (Lipinski definition) is 7. The minimum Gasteiger partial charge on any atom is -0.467 e. The van der Waals surface area contributed by atoms with Crippen molar-refractivity contribution in [3.63, 3.8) is 0 Å². The molecule has 8 nitrogen and oxygen atoms in total. The van der Waals surface area contributed by atoms with Crippen molar-refractivity contribution in [2.45, 2.75) is 6.04 Å². The van der Waals surface area contributed by atoms with Gasteiger partial charge in [-0.05, 0) is 0 Å². The summed E-state index contributed by atoms with van der Waals surface area (Å²) < 4.78 is 9.55. The van der Waals surface area contributed by atoms with Crippen LogP contribution in [0.2, 0.25) is 0 Å². The number of carbonyl (C=O) groups is 1. The van der Waals surface area contributed by atoms with Crippen LogP contribution in [-0.4, -0.2) is 35.1 Å². The minimum atomic E-state index is -1.12. The number of methoxy groups -OCH3 is 2. The van der Waals surface area contributed by atoms with Gasteiger partial charge in [0.15, 0.2) is 5.82 Å². The van der Waals surface area contributed by atoms with Crippen molar-refractivity contribution >= 4 is 5.91 Å². The second-order valence-electron chi connectivity index (χ2n) is 2.55. The standard InChI is InChI=1S/C7H11N5O3/c1-14-6-10-5(3(8)4(9)13)11-7(12-6)15-2/h3H,8H2,1-2H3,(H2,9,13). The van der Waals surface area contributed by atoms with Crippen LogP contribution in [0.1, 0.15) is 11.9 Å². The highest BCUT2D eigenvalue weighted by atomic mass is 16.5. The van der Waals surface area contributed by atoms with Gasteiger partial charge in [0.25, 0.3) is 0 Å². The number of rotatable bonds is 4. The molecule has 1 aromatic heterocycles. The van der Waals surface area contributed by atoms with Crippen molar-refractivity contribution in [3.8, 4) is 12.0 Å². The van der Waals surface area contributed by atoms with Gasteiger partial charge in [-0.25, -0.2) is 0 Å². The Morgan fingerprint density at radius 3 is 2.00 bits per heavy atom. The van der Waals surface area contributed by atoms with Gasteiger partial charge in [-0.1, -0.05) is 0 Å². The molecule has 0 aromatic carbocycles. The highest BCUT2D eigenvalue weighted by molar-refractivity contribution is 5.80. The number of primary amides is 1. The molecule has 0 aliphatic carbocycles. The molecule has 0 saturated carbocycles. The second kappa shape index (κ2) is 4.51. The molecule has 0 bridgehead atoms.